The van der Waals surface area contributed by atoms with Crippen molar-refractivity contribution in [2.75, 3.05) is 11.9 Å². The molecule has 19 heavy (non-hydrogen) atoms. The Bertz CT molecular complexity index is 574. The zero-order valence-electron chi connectivity index (χ0n) is 11.0. The number of hydrogen-bond acceptors (Lipinski definition) is 4. The van der Waals surface area contributed by atoms with E-state index in [2.05, 4.69) is 9.97 Å². The topological polar surface area (TPSA) is 49.2 Å². The van der Waals surface area contributed by atoms with Crippen LogP contribution in [-0.4, -0.2) is 22.1 Å². The van der Waals surface area contributed by atoms with Crippen molar-refractivity contribution in [3.63, 3.8) is 0 Å². The highest BCUT2D eigenvalue weighted by Gasteiger charge is 2.08. The Labute approximate surface area is 117 Å². The van der Waals surface area contributed by atoms with E-state index in [0.29, 0.717) is 17.3 Å². The summed E-state index contributed by atoms with van der Waals surface area (Å²) < 4.78 is 0. The zero-order valence-corrected chi connectivity index (χ0v) is 11.7. The molecule has 0 saturated heterocycles. The van der Waals surface area contributed by atoms with Crippen molar-refractivity contribution >= 4 is 17.4 Å². The quantitative estimate of drug-likeness (QED) is 0.933. The molecule has 4 nitrogen and oxygen atoms in total. The van der Waals surface area contributed by atoms with Crippen LogP contribution in [0.1, 0.15) is 17.1 Å². The van der Waals surface area contributed by atoms with Gasteiger partial charge >= 0.3 is 0 Å². The molecule has 1 N–H and O–H groups in total. The summed E-state index contributed by atoms with van der Waals surface area (Å²) in [5.74, 6) is 0.761. The first-order valence-electron chi connectivity index (χ1n) is 6.00. The van der Waals surface area contributed by atoms with Crippen LogP contribution in [0.2, 0.25) is 5.02 Å². The average molecular weight is 278 g/mol. The standard InChI is InChI=1S/C14H16ClN3O/c1-10-4-3-5-11(16-10)8-18(2)14-7-6-12(15)13(9-19)17-14/h3-7,19H,8-9H2,1-2H3. The first-order valence-corrected chi connectivity index (χ1v) is 6.38. The molecule has 0 bridgehead atoms. The fourth-order valence-corrected chi connectivity index (χ4v) is 1.97. The summed E-state index contributed by atoms with van der Waals surface area (Å²) in [6, 6.07) is 9.51. The molecule has 2 aromatic heterocycles. The van der Waals surface area contributed by atoms with Gasteiger partial charge in [0, 0.05) is 12.7 Å². The first-order chi connectivity index (χ1) is 9.10. The Hall–Kier alpha value is -1.65. The van der Waals surface area contributed by atoms with Crippen molar-refractivity contribution in [3.05, 3.63) is 52.4 Å². The van der Waals surface area contributed by atoms with E-state index in [1.165, 1.54) is 0 Å². The van der Waals surface area contributed by atoms with Crippen molar-refractivity contribution in [3.8, 4) is 0 Å². The van der Waals surface area contributed by atoms with Gasteiger partial charge in [-0.2, -0.15) is 0 Å². The number of aromatic nitrogens is 2. The Morgan fingerprint density at radius 3 is 2.68 bits per heavy atom. The fourth-order valence-electron chi connectivity index (χ4n) is 1.81. The largest absolute Gasteiger partial charge is 0.390 e. The third-order valence-corrected chi connectivity index (χ3v) is 3.13. The van der Waals surface area contributed by atoms with Crippen LogP contribution in [-0.2, 0) is 13.2 Å². The molecule has 0 amide bonds. The minimum absolute atomic E-state index is 0.163. The van der Waals surface area contributed by atoms with Crippen LogP contribution in [0.5, 0.6) is 0 Å². The maximum atomic E-state index is 9.17. The summed E-state index contributed by atoms with van der Waals surface area (Å²) >= 11 is 5.93. The van der Waals surface area contributed by atoms with Gasteiger partial charge in [-0.05, 0) is 31.2 Å². The SMILES string of the molecule is Cc1cccc(CN(C)c2ccc(Cl)c(CO)n2)n1. The average Bonchev–Trinajstić information content (AvgIpc) is 2.39. The summed E-state index contributed by atoms with van der Waals surface area (Å²) in [7, 11) is 1.93. The number of hydrogen-bond donors (Lipinski definition) is 1. The van der Waals surface area contributed by atoms with Gasteiger partial charge in [-0.3, -0.25) is 4.98 Å². The second kappa shape index (κ2) is 5.99. The number of aryl methyl sites for hydroxylation is 1. The highest BCUT2D eigenvalue weighted by Crippen LogP contribution is 2.19. The lowest BCUT2D eigenvalue weighted by Gasteiger charge is -2.18. The van der Waals surface area contributed by atoms with E-state index in [-0.39, 0.29) is 6.61 Å². The number of anilines is 1. The van der Waals surface area contributed by atoms with Crippen molar-refractivity contribution < 1.29 is 5.11 Å². The Morgan fingerprint density at radius 2 is 2.00 bits per heavy atom. The number of nitrogens with zero attached hydrogens (tertiary/aromatic N) is 3. The van der Waals surface area contributed by atoms with Gasteiger partial charge in [-0.25, -0.2) is 4.98 Å². The number of aliphatic hydroxyl groups is 1. The van der Waals surface area contributed by atoms with E-state index < -0.39 is 0 Å². The summed E-state index contributed by atoms with van der Waals surface area (Å²) in [5.41, 5.74) is 2.46. The summed E-state index contributed by atoms with van der Waals surface area (Å²) in [6.07, 6.45) is 0. The van der Waals surface area contributed by atoms with Gasteiger partial charge in [0.05, 0.1) is 29.6 Å². The van der Waals surface area contributed by atoms with Crippen LogP contribution < -0.4 is 4.90 Å². The molecular formula is C14H16ClN3O. The number of pyridine rings is 2. The summed E-state index contributed by atoms with van der Waals surface area (Å²) in [6.45, 7) is 2.46. The maximum Gasteiger partial charge on any atom is 0.129 e. The van der Waals surface area contributed by atoms with Crippen LogP contribution >= 0.6 is 11.6 Å². The third-order valence-electron chi connectivity index (χ3n) is 2.79. The molecule has 0 aromatic carbocycles. The number of aliphatic hydroxyl groups excluding tert-OH is 1. The number of halogens is 1. The molecule has 0 aliphatic heterocycles. The monoisotopic (exact) mass is 277 g/mol. The van der Waals surface area contributed by atoms with E-state index in [0.717, 1.165) is 17.2 Å². The molecule has 0 unspecified atom stereocenters. The molecule has 0 aliphatic carbocycles. The van der Waals surface area contributed by atoms with Gasteiger partial charge in [-0.1, -0.05) is 17.7 Å². The van der Waals surface area contributed by atoms with Gasteiger partial charge < -0.3 is 10.0 Å². The predicted molar refractivity (Wildman–Crippen MR) is 76.3 cm³/mol. The molecule has 5 heteroatoms. The smallest absolute Gasteiger partial charge is 0.129 e. The van der Waals surface area contributed by atoms with E-state index in [9.17, 15) is 5.11 Å². The minimum Gasteiger partial charge on any atom is -0.390 e. The first kappa shape index (κ1) is 13.8. The Morgan fingerprint density at radius 1 is 1.21 bits per heavy atom. The summed E-state index contributed by atoms with van der Waals surface area (Å²) in [5, 5.41) is 9.65. The predicted octanol–water partition coefficient (Wildman–Crippen LogP) is 2.57. The van der Waals surface area contributed by atoms with Gasteiger partial charge in [0.2, 0.25) is 0 Å². The molecule has 0 radical (unpaired) electrons. The lowest BCUT2D eigenvalue weighted by molar-refractivity contribution is 0.277. The van der Waals surface area contributed by atoms with Gasteiger partial charge in [0.25, 0.3) is 0 Å². The lowest BCUT2D eigenvalue weighted by atomic mass is 10.3. The minimum atomic E-state index is -0.163. The lowest BCUT2D eigenvalue weighted by Crippen LogP contribution is -2.19. The number of rotatable bonds is 4. The second-order valence-electron chi connectivity index (χ2n) is 4.38. The molecule has 2 aromatic rings. The molecule has 2 rings (SSSR count). The van der Waals surface area contributed by atoms with Crippen molar-refractivity contribution in [2.45, 2.75) is 20.1 Å². The second-order valence-corrected chi connectivity index (χ2v) is 4.79. The van der Waals surface area contributed by atoms with Crippen LogP contribution in [0.25, 0.3) is 0 Å². The molecule has 100 valence electrons. The Kier molecular flexibility index (Phi) is 4.35. The van der Waals surface area contributed by atoms with Gasteiger partial charge in [-0.15, -0.1) is 0 Å². The van der Waals surface area contributed by atoms with E-state index in [1.54, 1.807) is 6.07 Å². The molecule has 0 saturated carbocycles. The highest BCUT2D eigenvalue weighted by atomic mass is 35.5. The van der Waals surface area contributed by atoms with Crippen LogP contribution in [0.3, 0.4) is 0 Å². The highest BCUT2D eigenvalue weighted by molar-refractivity contribution is 6.31. The third kappa shape index (κ3) is 3.43. The van der Waals surface area contributed by atoms with Crippen molar-refractivity contribution in [2.24, 2.45) is 0 Å². The van der Waals surface area contributed by atoms with Crippen LogP contribution in [0.4, 0.5) is 5.82 Å². The molecule has 0 aliphatic rings. The maximum absolute atomic E-state index is 9.17. The molecule has 2 heterocycles. The molecule has 0 fully saturated rings. The molecule has 0 atom stereocenters. The Balaban J connectivity index is 2.18. The van der Waals surface area contributed by atoms with E-state index in [1.807, 2.05) is 43.1 Å². The van der Waals surface area contributed by atoms with Gasteiger partial charge in [0.15, 0.2) is 0 Å². The molecular weight excluding hydrogens is 262 g/mol. The zero-order chi connectivity index (χ0) is 13.8. The van der Waals surface area contributed by atoms with Crippen molar-refractivity contribution in [1.29, 1.82) is 0 Å². The van der Waals surface area contributed by atoms with E-state index in [4.69, 9.17) is 11.6 Å². The summed E-state index contributed by atoms with van der Waals surface area (Å²) in [4.78, 5) is 10.7. The fraction of sp³-hybridized carbons (Fsp3) is 0.286. The van der Waals surface area contributed by atoms with E-state index >= 15 is 0 Å². The van der Waals surface area contributed by atoms with Crippen molar-refractivity contribution in [1.82, 2.24) is 9.97 Å². The van der Waals surface area contributed by atoms with Crippen LogP contribution in [0, 0.1) is 6.92 Å². The molecule has 0 spiro atoms. The van der Waals surface area contributed by atoms with Crippen LogP contribution in [0.15, 0.2) is 30.3 Å². The van der Waals surface area contributed by atoms with Gasteiger partial charge in [0.1, 0.15) is 5.82 Å². The normalized spacial score (nSPS) is 10.5.